The van der Waals surface area contributed by atoms with Gasteiger partial charge >= 0.3 is 263 Å². The van der Waals surface area contributed by atoms with E-state index in [0.29, 0.717) is 6.47 Å². The molecule has 0 spiro atoms. The Morgan fingerprint density at radius 2 is 0.508 bits per heavy atom. The van der Waals surface area contributed by atoms with Crippen LogP contribution in [0.3, 0.4) is 0 Å². The van der Waals surface area contributed by atoms with Crippen LogP contribution in [0.5, 0.6) is 0 Å². The summed E-state index contributed by atoms with van der Waals surface area (Å²) in [6, 6.07) is 0. The molecule has 9 amide bonds. The number of carbonyl (C=O) groups is 5. The van der Waals surface area contributed by atoms with Crippen LogP contribution in [-0.4, -0.2) is 111 Å². The van der Waals surface area contributed by atoms with Gasteiger partial charge < -0.3 is 144 Å². The van der Waals surface area contributed by atoms with E-state index >= 15 is 0 Å². The van der Waals surface area contributed by atoms with Gasteiger partial charge in [0.2, 0.25) is 0 Å². The molecule has 23 nitrogen and oxygen atoms in total. The van der Waals surface area contributed by atoms with Crippen molar-refractivity contribution in [1.82, 2.24) is 26.6 Å². The molecule has 38 heteroatoms. The number of hydrogen-bond acceptors (Lipinski definition) is 11. The molecular weight excluding hydrogens is 2160 g/mol. The second kappa shape index (κ2) is 181. The number of carbonyl (C=O) groups excluding carboxylic acids is 9. The number of aliphatic hydroxyl groups excluding tert-OH is 1. The minimum absolute atomic E-state index is 0. The average molecular weight is 2200 g/mol. The number of nitrogens with two attached hydrogens (primary N) is 1. The minimum atomic E-state index is -1.07. The van der Waals surface area contributed by atoms with E-state index in [1.807, 2.05) is 26.6 Å². The molecule has 59 heavy (non-hydrogen) atoms. The molecule has 0 aliphatic carbocycles. The van der Waals surface area contributed by atoms with Gasteiger partial charge in [0.15, 0.2) is 0 Å². The van der Waals surface area contributed by atoms with Crippen molar-refractivity contribution in [3.63, 3.8) is 0 Å². The number of hydrogen-bond donors (Lipinski definition) is 7. The van der Waals surface area contributed by atoms with Crippen LogP contribution in [0.2, 0.25) is 0 Å². The monoisotopic (exact) mass is 2200 g/mol. The van der Waals surface area contributed by atoms with Crippen molar-refractivity contribution in [2.45, 2.75) is 7.43 Å². The SMILES string of the molecule is C.O=[C-]NCC(=O)O.O=[C-]O.[CH3-].[CH3-].[CH3-].[CH3-].[K+].[K+].[K+].[K+].[K+].[NH-]C(=O)CN[C-]=O.[NH-]C(=O)CN[C-]=O.[NH-]C(=O)CN[C-]=O.[NH-]C(=O)CN[C-]=O.[NH2-].[W].[W].[W].[W].[W].[Y].[Y].[Y].[Y].[Y]. The topological polar surface area (TPSA) is 417 Å². The molecule has 311 valence electrons. The van der Waals surface area contributed by atoms with Crippen molar-refractivity contribution in [1.29, 1.82) is 0 Å². The van der Waals surface area contributed by atoms with Crippen LogP contribution in [0, 0.1) is 29.7 Å². The van der Waals surface area contributed by atoms with E-state index < -0.39 is 29.6 Å². The van der Waals surface area contributed by atoms with Crippen molar-refractivity contribution in [2.75, 3.05) is 32.7 Å². The number of aliphatic carboxylic acids is 1. The van der Waals surface area contributed by atoms with Crippen LogP contribution in [-0.2, 0) is 322 Å². The van der Waals surface area contributed by atoms with Gasteiger partial charge in [0.25, 0.3) is 0 Å². The van der Waals surface area contributed by atoms with Gasteiger partial charge in [0, 0.05) is 295 Å². The molecule has 0 aromatic heterocycles. The molecule has 0 bridgehead atoms. The van der Waals surface area contributed by atoms with E-state index in [4.69, 9.17) is 37.9 Å². The van der Waals surface area contributed by atoms with Gasteiger partial charge in [-0.3, -0.25) is 4.79 Å². The number of carboxylic acid groups (broad SMARTS) is 1. The van der Waals surface area contributed by atoms with Crippen LogP contribution < -0.4 is 284 Å². The summed E-state index contributed by atoms with van der Waals surface area (Å²) < 4.78 is 0. The van der Waals surface area contributed by atoms with E-state index in [2.05, 4.69) is 0 Å². The average Bonchev–Trinajstić information content (AvgIpc) is 2.84. The number of nitrogens with one attached hydrogen (secondary N) is 9. The summed E-state index contributed by atoms with van der Waals surface area (Å²) in [5, 5.41) is 24.0. The summed E-state index contributed by atoms with van der Waals surface area (Å²) >= 11 is 0. The summed E-state index contributed by atoms with van der Waals surface area (Å²) in [5.41, 5.74) is 24.8. The standard InChI is InChI=1S/4C3H5N2O2.C3H4NO3.CHO2.CH4.4CH3.5K.H2N.5W.5Y/c4*4-3(7)1-5-2-6;5-2-4-1-3(6)7;2-1-3;;;;;;;;;;;;;;;;;;;;;/h4*1H2,(H3,4,5,6,7);1H2,(H,4,5)(H,6,7);(H,2,3);1H4;4*1H3;;;;;;1H2;;;;;;;;;;/q6*-1;;4*-1;5*+1;-1;;;;;;;;;;/p-4. The summed E-state index contributed by atoms with van der Waals surface area (Å²) in [6.07, 6.45) is 6.25. The second-order valence-corrected chi connectivity index (χ2v) is 4.46. The first-order chi connectivity index (χ1) is 17.8. The third kappa shape index (κ3) is 321. The quantitative estimate of drug-likeness (QED) is 0.0456. The van der Waals surface area contributed by atoms with Gasteiger partial charge in [-0.1, -0.05) is 13.9 Å². The van der Waals surface area contributed by atoms with Crippen molar-refractivity contribution < 1.29 is 589 Å². The fourth-order valence-corrected chi connectivity index (χ4v) is 0.577. The third-order valence-electron chi connectivity index (χ3n) is 1.60. The van der Waals surface area contributed by atoms with E-state index in [1.54, 1.807) is 0 Å². The van der Waals surface area contributed by atoms with Gasteiger partial charge in [0.1, 0.15) is 0 Å². The molecule has 0 rings (SSSR count). The van der Waals surface area contributed by atoms with E-state index in [-0.39, 0.29) is 602 Å². The zero-order valence-corrected chi connectivity index (χ0v) is 77.9. The van der Waals surface area contributed by atoms with Crippen molar-refractivity contribution in [3.8, 4) is 0 Å². The molecule has 5 radical (unpaired) electrons. The zero-order chi connectivity index (χ0) is 31.2. The Morgan fingerprint density at radius 1 is 0.407 bits per heavy atom. The fourth-order valence-electron chi connectivity index (χ4n) is 0.577. The molecule has 0 atom stereocenters. The third-order valence-corrected chi connectivity index (χ3v) is 1.60. The molecular formula is C21H39K5N10O13W5Y5-10. The van der Waals surface area contributed by atoms with Crippen LogP contribution in [0.25, 0.3) is 29.1 Å². The fraction of sp³-hybridized carbons (Fsp3) is 0.286. The van der Waals surface area contributed by atoms with Gasteiger partial charge in [-0.25, -0.2) is 0 Å². The van der Waals surface area contributed by atoms with E-state index in [9.17, 15) is 47.9 Å². The predicted molar refractivity (Wildman–Crippen MR) is 159 cm³/mol. The first-order valence-electron chi connectivity index (χ1n) is 8.48. The van der Waals surface area contributed by atoms with Gasteiger partial charge in [-0.2, -0.15) is 32.1 Å². The van der Waals surface area contributed by atoms with Crippen molar-refractivity contribution >= 4 is 68.1 Å². The second-order valence-electron chi connectivity index (χ2n) is 4.46. The molecule has 0 aromatic carbocycles. The molecule has 0 aliphatic heterocycles. The Kier molecular flexibility index (Phi) is 552. The maximum Gasteiger partial charge on any atom is 1.00 e. The Morgan fingerprint density at radius 3 is 0.542 bits per heavy atom. The van der Waals surface area contributed by atoms with Gasteiger partial charge in [-0.05, 0) is 0 Å². The van der Waals surface area contributed by atoms with Crippen LogP contribution in [0.4, 0.5) is 0 Å². The number of rotatable bonds is 15. The summed E-state index contributed by atoms with van der Waals surface area (Å²) in [5.74, 6) is -4.33. The molecule has 0 aromatic rings. The number of carboxylic acids is 1. The van der Waals surface area contributed by atoms with Crippen molar-refractivity contribution in [2.24, 2.45) is 0 Å². The smallest absolute Gasteiger partial charge is 0.693 e. The summed E-state index contributed by atoms with van der Waals surface area (Å²) in [4.78, 5) is 102. The molecule has 0 saturated carbocycles. The largest absolute Gasteiger partial charge is 1.00 e. The first kappa shape index (κ1) is 180. The molecule has 0 aliphatic rings. The Hall–Kier alpha value is 11.3. The van der Waals surface area contributed by atoms with Gasteiger partial charge in [-0.15, -0.1) is 0 Å². The molecule has 0 fully saturated rings. The zero-order valence-electron chi connectivity index (χ0n) is 33.4. The molecule has 0 unspecified atom stereocenters. The van der Waals surface area contributed by atoms with Crippen molar-refractivity contribution in [3.05, 3.63) is 58.8 Å². The van der Waals surface area contributed by atoms with E-state index in [1.165, 1.54) is 32.1 Å². The van der Waals surface area contributed by atoms with Crippen LogP contribution in [0.1, 0.15) is 7.43 Å². The Bertz CT molecular complexity index is 659. The summed E-state index contributed by atoms with van der Waals surface area (Å²) in [7, 11) is 0. The van der Waals surface area contributed by atoms with Crippen LogP contribution >= 0.6 is 0 Å². The Labute approximate surface area is 760 Å². The maximum atomic E-state index is 9.63. The molecule has 0 saturated heterocycles. The Balaban J connectivity index is -0.00000000784. The first-order valence-corrected chi connectivity index (χ1v) is 8.48. The predicted octanol–water partition coefficient (Wildman–Crippen LogP) is -16.6. The van der Waals surface area contributed by atoms with Crippen LogP contribution in [0.15, 0.2) is 0 Å². The maximum absolute atomic E-state index is 9.63. The van der Waals surface area contributed by atoms with E-state index in [0.717, 1.165) is 0 Å². The van der Waals surface area contributed by atoms with Gasteiger partial charge in [0.05, 0.1) is 30.2 Å². The molecule has 13 N–H and O–H groups in total. The normalized spacial score (nSPS) is 4.61. The summed E-state index contributed by atoms with van der Waals surface area (Å²) in [6.45, 7) is -0.844. The minimum Gasteiger partial charge on any atom is -0.693 e. The molecule has 0 heterocycles. The number of amides is 9.